The van der Waals surface area contributed by atoms with E-state index in [4.69, 9.17) is 5.73 Å². The predicted octanol–water partition coefficient (Wildman–Crippen LogP) is -0.645. The lowest BCUT2D eigenvalue weighted by Crippen LogP contribution is -2.31. The van der Waals surface area contributed by atoms with Gasteiger partial charge in [0.1, 0.15) is 0 Å². The summed E-state index contributed by atoms with van der Waals surface area (Å²) in [6.45, 7) is 1.83. The molecule has 0 aromatic carbocycles. The molecule has 2 heterocycles. The van der Waals surface area contributed by atoms with Gasteiger partial charge in [0, 0.05) is 31.5 Å². The fourth-order valence-electron chi connectivity index (χ4n) is 1.45. The van der Waals surface area contributed by atoms with Gasteiger partial charge in [-0.3, -0.25) is 4.68 Å². The third-order valence-corrected chi connectivity index (χ3v) is 2.09. The molecule has 1 fully saturated rings. The fraction of sp³-hybridized carbons (Fsp3) is 0.571. The van der Waals surface area contributed by atoms with Crippen molar-refractivity contribution >= 4 is 0 Å². The highest BCUT2D eigenvalue weighted by molar-refractivity contribution is 4.91. The third-order valence-electron chi connectivity index (χ3n) is 2.09. The first-order chi connectivity index (χ1) is 5.38. The summed E-state index contributed by atoms with van der Waals surface area (Å²) in [5.41, 5.74) is 5.85. The van der Waals surface area contributed by atoms with Gasteiger partial charge in [-0.05, 0) is 6.07 Å². The molecule has 0 unspecified atom stereocenters. The quantitative estimate of drug-likeness (QED) is 0.562. The fourth-order valence-corrected chi connectivity index (χ4v) is 1.45. The molecule has 0 spiro atoms. The molecule has 4 heteroatoms. The molecule has 2 atom stereocenters. The Kier molecular flexibility index (Phi) is 1.63. The van der Waals surface area contributed by atoms with Gasteiger partial charge < -0.3 is 11.1 Å². The van der Waals surface area contributed by atoms with Crippen LogP contribution in [0.4, 0.5) is 0 Å². The first kappa shape index (κ1) is 6.82. The van der Waals surface area contributed by atoms with Crippen molar-refractivity contribution in [1.82, 2.24) is 15.1 Å². The summed E-state index contributed by atoms with van der Waals surface area (Å²) in [7, 11) is 0. The van der Waals surface area contributed by atoms with Gasteiger partial charge in [-0.1, -0.05) is 0 Å². The summed E-state index contributed by atoms with van der Waals surface area (Å²) in [4.78, 5) is 0. The first-order valence-corrected chi connectivity index (χ1v) is 3.83. The third kappa shape index (κ3) is 1.15. The van der Waals surface area contributed by atoms with Crippen LogP contribution in [0.5, 0.6) is 0 Å². The van der Waals surface area contributed by atoms with Crippen molar-refractivity contribution in [2.75, 3.05) is 13.1 Å². The van der Waals surface area contributed by atoms with Gasteiger partial charge >= 0.3 is 0 Å². The Balaban J connectivity index is 2.16. The van der Waals surface area contributed by atoms with Crippen LogP contribution in [-0.4, -0.2) is 28.9 Å². The molecule has 4 nitrogen and oxygen atoms in total. The zero-order valence-electron chi connectivity index (χ0n) is 6.27. The molecule has 60 valence electrons. The molecule has 0 amide bonds. The van der Waals surface area contributed by atoms with E-state index in [-0.39, 0.29) is 6.04 Å². The molecular formula is C7H12N4. The van der Waals surface area contributed by atoms with Gasteiger partial charge in [0.2, 0.25) is 0 Å². The molecule has 1 aliphatic heterocycles. The van der Waals surface area contributed by atoms with E-state index in [2.05, 4.69) is 10.4 Å². The monoisotopic (exact) mass is 152 g/mol. The maximum absolute atomic E-state index is 5.85. The van der Waals surface area contributed by atoms with Gasteiger partial charge in [-0.15, -0.1) is 0 Å². The molecule has 3 N–H and O–H groups in total. The Bertz CT molecular complexity index is 218. The van der Waals surface area contributed by atoms with Gasteiger partial charge in [0.15, 0.2) is 0 Å². The summed E-state index contributed by atoms with van der Waals surface area (Å²) in [6, 6.07) is 2.46. The number of nitrogens with zero attached hydrogens (tertiary/aromatic N) is 2. The van der Waals surface area contributed by atoms with Crippen LogP contribution in [0.15, 0.2) is 18.5 Å². The number of hydrogen-bond donors (Lipinski definition) is 2. The molecule has 0 radical (unpaired) electrons. The normalized spacial score (nSPS) is 31.0. The van der Waals surface area contributed by atoms with E-state index in [1.807, 2.05) is 16.9 Å². The second-order valence-corrected chi connectivity index (χ2v) is 2.88. The van der Waals surface area contributed by atoms with Crippen molar-refractivity contribution in [1.29, 1.82) is 0 Å². The minimum Gasteiger partial charge on any atom is -0.325 e. The lowest BCUT2D eigenvalue weighted by Gasteiger charge is -2.13. The SMILES string of the molecule is N[C@@H]1CNC[C@@H]1n1cccn1. The second kappa shape index (κ2) is 2.64. The number of nitrogens with one attached hydrogen (secondary N) is 1. The Morgan fingerprint density at radius 3 is 3.00 bits per heavy atom. The van der Waals surface area contributed by atoms with E-state index in [1.165, 1.54) is 0 Å². The van der Waals surface area contributed by atoms with Gasteiger partial charge in [0.25, 0.3) is 0 Å². The molecule has 1 saturated heterocycles. The van der Waals surface area contributed by atoms with Crippen LogP contribution in [-0.2, 0) is 0 Å². The van der Waals surface area contributed by atoms with Crippen LogP contribution in [0.25, 0.3) is 0 Å². The van der Waals surface area contributed by atoms with Gasteiger partial charge in [-0.25, -0.2) is 0 Å². The van der Waals surface area contributed by atoms with Crippen LogP contribution in [0.2, 0.25) is 0 Å². The molecule has 1 aromatic rings. The lowest BCUT2D eigenvalue weighted by molar-refractivity contribution is 0.447. The largest absolute Gasteiger partial charge is 0.325 e. The van der Waals surface area contributed by atoms with Crippen LogP contribution >= 0.6 is 0 Å². The lowest BCUT2D eigenvalue weighted by atomic mass is 10.2. The summed E-state index contributed by atoms with van der Waals surface area (Å²) >= 11 is 0. The molecule has 0 aliphatic carbocycles. The minimum atomic E-state index is 0.204. The summed E-state index contributed by atoms with van der Waals surface area (Å²) in [5.74, 6) is 0. The summed E-state index contributed by atoms with van der Waals surface area (Å²) < 4.78 is 1.92. The zero-order chi connectivity index (χ0) is 7.68. The maximum Gasteiger partial charge on any atom is 0.0806 e. The molecular weight excluding hydrogens is 140 g/mol. The maximum atomic E-state index is 5.85. The number of aromatic nitrogens is 2. The van der Waals surface area contributed by atoms with E-state index in [0.717, 1.165) is 13.1 Å². The topological polar surface area (TPSA) is 55.9 Å². The van der Waals surface area contributed by atoms with Crippen molar-refractivity contribution < 1.29 is 0 Å². The number of nitrogens with two attached hydrogens (primary N) is 1. The van der Waals surface area contributed by atoms with Gasteiger partial charge in [0.05, 0.1) is 6.04 Å². The Morgan fingerprint density at radius 1 is 1.55 bits per heavy atom. The second-order valence-electron chi connectivity index (χ2n) is 2.88. The Morgan fingerprint density at radius 2 is 2.45 bits per heavy atom. The highest BCUT2D eigenvalue weighted by Crippen LogP contribution is 2.11. The average Bonchev–Trinajstić information content (AvgIpc) is 2.55. The van der Waals surface area contributed by atoms with E-state index >= 15 is 0 Å². The molecule has 2 rings (SSSR count). The van der Waals surface area contributed by atoms with Crippen LogP contribution in [0.1, 0.15) is 6.04 Å². The van der Waals surface area contributed by atoms with E-state index in [1.54, 1.807) is 6.20 Å². The minimum absolute atomic E-state index is 0.204. The number of hydrogen-bond acceptors (Lipinski definition) is 3. The van der Waals surface area contributed by atoms with E-state index < -0.39 is 0 Å². The van der Waals surface area contributed by atoms with Crippen molar-refractivity contribution in [2.45, 2.75) is 12.1 Å². The highest BCUT2D eigenvalue weighted by atomic mass is 15.3. The summed E-state index contributed by atoms with van der Waals surface area (Å²) in [6.07, 6.45) is 3.74. The molecule has 0 saturated carbocycles. The van der Waals surface area contributed by atoms with Crippen molar-refractivity contribution in [3.63, 3.8) is 0 Å². The predicted molar refractivity (Wildman–Crippen MR) is 42.1 cm³/mol. The smallest absolute Gasteiger partial charge is 0.0806 e. The van der Waals surface area contributed by atoms with E-state index in [9.17, 15) is 0 Å². The number of rotatable bonds is 1. The van der Waals surface area contributed by atoms with Crippen molar-refractivity contribution in [3.05, 3.63) is 18.5 Å². The summed E-state index contributed by atoms with van der Waals surface area (Å²) in [5, 5.41) is 7.37. The van der Waals surface area contributed by atoms with E-state index in [0.29, 0.717) is 6.04 Å². The first-order valence-electron chi connectivity index (χ1n) is 3.83. The average molecular weight is 152 g/mol. The standard InChI is InChI=1S/C7H12N4/c8-6-4-9-5-7(6)11-3-1-2-10-11/h1-3,6-7,9H,4-5,8H2/t6-,7+/m1/s1. The molecule has 11 heavy (non-hydrogen) atoms. The molecule has 0 bridgehead atoms. The Labute approximate surface area is 65.4 Å². The molecule has 1 aliphatic rings. The zero-order valence-corrected chi connectivity index (χ0v) is 6.27. The Hall–Kier alpha value is -0.870. The molecule has 1 aromatic heterocycles. The van der Waals surface area contributed by atoms with Crippen LogP contribution in [0, 0.1) is 0 Å². The van der Waals surface area contributed by atoms with Crippen molar-refractivity contribution in [2.24, 2.45) is 5.73 Å². The van der Waals surface area contributed by atoms with Gasteiger partial charge in [-0.2, -0.15) is 5.10 Å². The highest BCUT2D eigenvalue weighted by Gasteiger charge is 2.24. The van der Waals surface area contributed by atoms with Crippen molar-refractivity contribution in [3.8, 4) is 0 Å². The van der Waals surface area contributed by atoms with Crippen LogP contribution < -0.4 is 11.1 Å². The van der Waals surface area contributed by atoms with Crippen LogP contribution in [0.3, 0.4) is 0 Å².